The highest BCUT2D eigenvalue weighted by molar-refractivity contribution is 5.94. The van der Waals surface area contributed by atoms with Crippen molar-refractivity contribution >= 4 is 11.9 Å². The summed E-state index contributed by atoms with van der Waals surface area (Å²) in [6.07, 6.45) is 0. The van der Waals surface area contributed by atoms with E-state index in [1.807, 2.05) is 0 Å². The van der Waals surface area contributed by atoms with E-state index in [0.29, 0.717) is 0 Å². The molecule has 104 valence electrons. The van der Waals surface area contributed by atoms with Crippen LogP contribution in [0, 0.1) is 11.6 Å². The predicted molar refractivity (Wildman–Crippen MR) is 61.0 cm³/mol. The molecule has 8 heteroatoms. The summed E-state index contributed by atoms with van der Waals surface area (Å²) in [5.74, 6) is -3.92. The average Bonchev–Trinajstić information content (AvgIpc) is 2.89. The van der Waals surface area contributed by atoms with Crippen molar-refractivity contribution in [3.05, 3.63) is 52.9 Å². The molecule has 1 heterocycles. The molecule has 0 atom stereocenters. The zero-order valence-electron chi connectivity index (χ0n) is 9.89. The molecule has 0 aliphatic rings. The van der Waals surface area contributed by atoms with Crippen LogP contribution in [-0.4, -0.2) is 22.1 Å². The Hall–Kier alpha value is -2.77. The number of rotatable bonds is 4. The van der Waals surface area contributed by atoms with Crippen molar-refractivity contribution in [1.82, 2.24) is 10.5 Å². The smallest absolute Gasteiger partial charge is 0.374 e. The fraction of sp³-hybridized carbons (Fsp3) is 0.0833. The molecule has 2 rings (SSSR count). The lowest BCUT2D eigenvalue weighted by Gasteiger charge is -2.04. The number of carbonyl (C=O) groups excluding carboxylic acids is 1. The van der Waals surface area contributed by atoms with Gasteiger partial charge >= 0.3 is 5.97 Å². The van der Waals surface area contributed by atoms with E-state index in [2.05, 4.69) is 15.0 Å². The molecule has 0 saturated carbocycles. The number of carbonyl (C=O) groups is 2. The molecule has 0 aliphatic carbocycles. The third kappa shape index (κ3) is 2.97. The third-order valence-corrected chi connectivity index (χ3v) is 2.40. The van der Waals surface area contributed by atoms with Crippen molar-refractivity contribution in [1.29, 1.82) is 0 Å². The molecule has 0 aliphatic heterocycles. The molecule has 2 aromatic rings. The van der Waals surface area contributed by atoms with Crippen LogP contribution in [0.5, 0.6) is 0 Å². The van der Waals surface area contributed by atoms with Gasteiger partial charge in [0.15, 0.2) is 5.69 Å². The fourth-order valence-electron chi connectivity index (χ4n) is 1.43. The number of amides is 1. The summed E-state index contributed by atoms with van der Waals surface area (Å²) < 4.78 is 30.6. The first kappa shape index (κ1) is 13.7. The SMILES string of the molecule is O=C(NCc1cc(F)ccc1F)c1cc(C(=O)O)on1. The molecule has 1 aromatic carbocycles. The van der Waals surface area contributed by atoms with E-state index in [4.69, 9.17) is 5.11 Å². The monoisotopic (exact) mass is 282 g/mol. The molecule has 0 radical (unpaired) electrons. The first-order chi connectivity index (χ1) is 9.47. The number of nitrogens with one attached hydrogen (secondary N) is 1. The van der Waals surface area contributed by atoms with Gasteiger partial charge in [0.1, 0.15) is 11.6 Å². The summed E-state index contributed by atoms with van der Waals surface area (Å²) in [6, 6.07) is 3.77. The molecule has 1 amide bonds. The highest BCUT2D eigenvalue weighted by atomic mass is 19.1. The molecular weight excluding hydrogens is 274 g/mol. The molecule has 6 nitrogen and oxygen atoms in total. The van der Waals surface area contributed by atoms with E-state index in [1.165, 1.54) is 0 Å². The second-order valence-corrected chi connectivity index (χ2v) is 3.80. The summed E-state index contributed by atoms with van der Waals surface area (Å²) in [6.45, 7) is -0.266. The summed E-state index contributed by atoms with van der Waals surface area (Å²) >= 11 is 0. The summed E-state index contributed by atoms with van der Waals surface area (Å²) in [7, 11) is 0. The van der Waals surface area contributed by atoms with Crippen molar-refractivity contribution in [2.75, 3.05) is 0 Å². The van der Waals surface area contributed by atoms with Gasteiger partial charge in [-0.2, -0.15) is 0 Å². The van der Waals surface area contributed by atoms with Crippen molar-refractivity contribution in [3.8, 4) is 0 Å². The quantitative estimate of drug-likeness (QED) is 0.888. The van der Waals surface area contributed by atoms with Crippen LogP contribution in [-0.2, 0) is 6.54 Å². The van der Waals surface area contributed by atoms with Crippen LogP contribution in [0.1, 0.15) is 26.6 Å². The van der Waals surface area contributed by atoms with Crippen LogP contribution in [0.25, 0.3) is 0 Å². The van der Waals surface area contributed by atoms with Gasteiger partial charge in [0, 0.05) is 18.2 Å². The Kier molecular flexibility index (Phi) is 3.74. The van der Waals surface area contributed by atoms with E-state index in [0.717, 1.165) is 24.3 Å². The predicted octanol–water partition coefficient (Wildman–Crippen LogP) is 1.58. The van der Waals surface area contributed by atoms with E-state index in [-0.39, 0.29) is 17.8 Å². The van der Waals surface area contributed by atoms with Crippen LogP contribution >= 0.6 is 0 Å². The molecule has 1 aromatic heterocycles. The molecule has 0 saturated heterocycles. The first-order valence-corrected chi connectivity index (χ1v) is 5.39. The van der Waals surface area contributed by atoms with Crippen molar-refractivity contribution in [2.45, 2.75) is 6.54 Å². The van der Waals surface area contributed by atoms with Gasteiger partial charge < -0.3 is 14.9 Å². The first-order valence-electron chi connectivity index (χ1n) is 5.39. The number of hydrogen-bond acceptors (Lipinski definition) is 4. The molecule has 0 fully saturated rings. The van der Waals surface area contributed by atoms with Gasteiger partial charge in [-0.1, -0.05) is 5.16 Å². The number of aromatic nitrogens is 1. The standard InChI is InChI=1S/C12H8F2N2O4/c13-7-1-2-8(14)6(3-7)5-15-11(17)9-4-10(12(18)19)20-16-9/h1-4H,5H2,(H,15,17)(H,18,19). The summed E-state index contributed by atoms with van der Waals surface area (Å²) in [5.41, 5.74) is -0.306. The molecule has 0 bridgehead atoms. The Balaban J connectivity index is 2.04. The van der Waals surface area contributed by atoms with E-state index >= 15 is 0 Å². The maximum absolute atomic E-state index is 13.3. The van der Waals surface area contributed by atoms with E-state index < -0.39 is 29.3 Å². The second kappa shape index (κ2) is 5.47. The van der Waals surface area contributed by atoms with Gasteiger partial charge in [0.25, 0.3) is 5.91 Å². The minimum Gasteiger partial charge on any atom is -0.475 e. The highest BCUT2D eigenvalue weighted by Crippen LogP contribution is 2.10. The number of hydrogen-bond donors (Lipinski definition) is 2. The van der Waals surface area contributed by atoms with E-state index in [1.54, 1.807) is 0 Å². The van der Waals surface area contributed by atoms with Crippen molar-refractivity contribution in [2.24, 2.45) is 0 Å². The molecule has 2 N–H and O–H groups in total. The fourth-order valence-corrected chi connectivity index (χ4v) is 1.43. The largest absolute Gasteiger partial charge is 0.475 e. The Labute approximate surface area is 111 Å². The van der Waals surface area contributed by atoms with Gasteiger partial charge in [0.05, 0.1) is 0 Å². The minimum absolute atomic E-state index is 0.0414. The number of carboxylic acids is 1. The zero-order chi connectivity index (χ0) is 14.7. The number of carboxylic acid groups (broad SMARTS) is 1. The lowest BCUT2D eigenvalue weighted by atomic mass is 10.2. The Morgan fingerprint density at radius 1 is 1.30 bits per heavy atom. The lowest BCUT2D eigenvalue weighted by Crippen LogP contribution is -2.23. The van der Waals surface area contributed by atoms with Crippen molar-refractivity contribution in [3.63, 3.8) is 0 Å². The van der Waals surface area contributed by atoms with Gasteiger partial charge in [-0.25, -0.2) is 13.6 Å². The van der Waals surface area contributed by atoms with Gasteiger partial charge in [-0.05, 0) is 18.2 Å². The van der Waals surface area contributed by atoms with Crippen LogP contribution < -0.4 is 5.32 Å². The zero-order valence-corrected chi connectivity index (χ0v) is 9.89. The van der Waals surface area contributed by atoms with E-state index in [9.17, 15) is 18.4 Å². The van der Waals surface area contributed by atoms with Gasteiger partial charge in [0.2, 0.25) is 5.76 Å². The molecular formula is C12H8F2N2O4. The van der Waals surface area contributed by atoms with Crippen LogP contribution in [0.15, 0.2) is 28.8 Å². The maximum Gasteiger partial charge on any atom is 0.374 e. The Morgan fingerprint density at radius 2 is 2.05 bits per heavy atom. The Morgan fingerprint density at radius 3 is 2.70 bits per heavy atom. The molecule has 20 heavy (non-hydrogen) atoms. The molecule has 0 unspecified atom stereocenters. The molecule has 0 spiro atoms. The number of benzene rings is 1. The van der Waals surface area contributed by atoms with Gasteiger partial charge in [-0.3, -0.25) is 4.79 Å². The summed E-state index contributed by atoms with van der Waals surface area (Å²) in [4.78, 5) is 22.1. The topological polar surface area (TPSA) is 92.4 Å². The van der Waals surface area contributed by atoms with Crippen LogP contribution in [0.3, 0.4) is 0 Å². The van der Waals surface area contributed by atoms with Crippen molar-refractivity contribution < 1.29 is 28.0 Å². The average molecular weight is 282 g/mol. The van der Waals surface area contributed by atoms with Gasteiger partial charge in [-0.15, -0.1) is 0 Å². The third-order valence-electron chi connectivity index (χ3n) is 2.40. The highest BCUT2D eigenvalue weighted by Gasteiger charge is 2.16. The second-order valence-electron chi connectivity index (χ2n) is 3.80. The Bertz CT molecular complexity index is 669. The summed E-state index contributed by atoms with van der Waals surface area (Å²) in [5, 5.41) is 14.1. The maximum atomic E-state index is 13.3. The lowest BCUT2D eigenvalue weighted by molar-refractivity contribution is 0.0651. The normalized spacial score (nSPS) is 10.3. The number of aromatic carboxylic acids is 1. The van der Waals surface area contributed by atoms with Crippen LogP contribution in [0.2, 0.25) is 0 Å². The number of halogens is 2. The minimum atomic E-state index is -1.37. The van der Waals surface area contributed by atoms with Crippen LogP contribution in [0.4, 0.5) is 8.78 Å². The number of nitrogens with zero attached hydrogens (tertiary/aromatic N) is 1.